The number of aromatic nitrogens is 2. The summed E-state index contributed by atoms with van der Waals surface area (Å²) >= 11 is 0. The molecule has 134 valence electrons. The Morgan fingerprint density at radius 1 is 1.11 bits per heavy atom. The number of pyridine rings is 1. The van der Waals surface area contributed by atoms with Gasteiger partial charge in [-0.25, -0.2) is 4.98 Å². The van der Waals surface area contributed by atoms with Crippen LogP contribution in [0.25, 0.3) is 17.1 Å². The number of hydrogen-bond donors (Lipinski definition) is 1. The van der Waals surface area contributed by atoms with Crippen LogP contribution in [0.5, 0.6) is 0 Å². The molecule has 0 aliphatic rings. The highest BCUT2D eigenvalue weighted by atomic mass is 16.3. The standard InChI is InChI=1S/C20H17N5O2/c1-13-6-3-10-18-22-19(17-9-5-11-27-17)20(25(13)18)24-23-16-8-4-7-15(12-16)21-14(2)26/h3-12H,1-2H3,(H,21,26). The minimum absolute atomic E-state index is 0.137. The molecule has 0 saturated heterocycles. The second kappa shape index (κ2) is 6.87. The Kier molecular flexibility index (Phi) is 4.25. The van der Waals surface area contributed by atoms with E-state index in [0.29, 0.717) is 28.6 Å². The summed E-state index contributed by atoms with van der Waals surface area (Å²) in [6.45, 7) is 3.45. The average Bonchev–Trinajstić information content (AvgIpc) is 3.28. The SMILES string of the molecule is CC(=O)Nc1cccc(N=Nc2c(-c3ccco3)nc3cccc(C)n23)c1. The van der Waals surface area contributed by atoms with E-state index in [9.17, 15) is 4.79 Å². The predicted molar refractivity (Wildman–Crippen MR) is 103 cm³/mol. The van der Waals surface area contributed by atoms with E-state index >= 15 is 0 Å². The van der Waals surface area contributed by atoms with Gasteiger partial charge < -0.3 is 9.73 Å². The van der Waals surface area contributed by atoms with Crippen LogP contribution in [0.15, 0.2) is 75.5 Å². The second-order valence-corrected chi connectivity index (χ2v) is 6.05. The summed E-state index contributed by atoms with van der Waals surface area (Å²) in [5.74, 6) is 1.07. The van der Waals surface area contributed by atoms with E-state index in [1.54, 1.807) is 18.4 Å². The molecule has 7 nitrogen and oxygen atoms in total. The van der Waals surface area contributed by atoms with Crippen molar-refractivity contribution >= 4 is 28.7 Å². The molecule has 0 aliphatic carbocycles. The van der Waals surface area contributed by atoms with Crippen molar-refractivity contribution in [2.45, 2.75) is 13.8 Å². The van der Waals surface area contributed by atoms with Gasteiger partial charge in [-0.15, -0.1) is 10.2 Å². The molecule has 0 spiro atoms. The fraction of sp³-hybridized carbons (Fsp3) is 0.100. The van der Waals surface area contributed by atoms with Crippen LogP contribution in [0, 0.1) is 6.92 Å². The van der Waals surface area contributed by atoms with Crippen LogP contribution in [0.1, 0.15) is 12.6 Å². The van der Waals surface area contributed by atoms with Crippen LogP contribution in [0.2, 0.25) is 0 Å². The molecule has 0 saturated carbocycles. The Labute approximate surface area is 155 Å². The van der Waals surface area contributed by atoms with Gasteiger partial charge in [-0.2, -0.15) is 0 Å². The number of fused-ring (bicyclic) bond motifs is 1. The van der Waals surface area contributed by atoms with Gasteiger partial charge >= 0.3 is 0 Å². The van der Waals surface area contributed by atoms with Gasteiger partial charge in [0.1, 0.15) is 5.65 Å². The number of nitrogens with zero attached hydrogens (tertiary/aromatic N) is 4. The first kappa shape index (κ1) is 16.7. The van der Waals surface area contributed by atoms with E-state index in [4.69, 9.17) is 4.42 Å². The Morgan fingerprint density at radius 3 is 2.74 bits per heavy atom. The third-order valence-corrected chi connectivity index (χ3v) is 4.00. The van der Waals surface area contributed by atoms with E-state index < -0.39 is 0 Å². The van der Waals surface area contributed by atoms with E-state index in [0.717, 1.165) is 11.3 Å². The van der Waals surface area contributed by atoms with Crippen LogP contribution in [0.4, 0.5) is 17.2 Å². The first-order valence-electron chi connectivity index (χ1n) is 8.43. The lowest BCUT2D eigenvalue weighted by Gasteiger charge is -2.03. The Bertz CT molecular complexity index is 1140. The third kappa shape index (κ3) is 3.35. The largest absolute Gasteiger partial charge is 0.463 e. The van der Waals surface area contributed by atoms with Gasteiger partial charge in [-0.3, -0.25) is 9.20 Å². The van der Waals surface area contributed by atoms with E-state index in [1.807, 2.05) is 53.8 Å². The number of amides is 1. The fourth-order valence-electron chi connectivity index (χ4n) is 2.86. The smallest absolute Gasteiger partial charge is 0.221 e. The maximum Gasteiger partial charge on any atom is 0.221 e. The van der Waals surface area contributed by atoms with E-state index in [2.05, 4.69) is 20.5 Å². The first-order valence-corrected chi connectivity index (χ1v) is 8.43. The van der Waals surface area contributed by atoms with Crippen molar-refractivity contribution in [2.75, 3.05) is 5.32 Å². The zero-order chi connectivity index (χ0) is 18.8. The molecule has 4 rings (SSSR count). The summed E-state index contributed by atoms with van der Waals surface area (Å²) in [6.07, 6.45) is 1.60. The highest BCUT2D eigenvalue weighted by molar-refractivity contribution is 5.89. The number of nitrogens with one attached hydrogen (secondary N) is 1. The Hall–Kier alpha value is -3.74. The molecule has 4 aromatic rings. The van der Waals surface area contributed by atoms with Crippen molar-refractivity contribution in [3.05, 3.63) is 66.6 Å². The highest BCUT2D eigenvalue weighted by Crippen LogP contribution is 2.33. The topological polar surface area (TPSA) is 84.3 Å². The highest BCUT2D eigenvalue weighted by Gasteiger charge is 2.17. The monoisotopic (exact) mass is 359 g/mol. The summed E-state index contributed by atoms with van der Waals surface area (Å²) in [7, 11) is 0. The fourth-order valence-corrected chi connectivity index (χ4v) is 2.86. The maximum absolute atomic E-state index is 11.2. The van der Waals surface area contributed by atoms with Gasteiger partial charge in [-0.1, -0.05) is 12.1 Å². The van der Waals surface area contributed by atoms with Crippen LogP contribution in [0.3, 0.4) is 0 Å². The van der Waals surface area contributed by atoms with Crippen LogP contribution in [-0.4, -0.2) is 15.3 Å². The van der Waals surface area contributed by atoms with Crippen LogP contribution < -0.4 is 5.32 Å². The molecule has 0 fully saturated rings. The molecule has 1 N–H and O–H groups in total. The molecule has 27 heavy (non-hydrogen) atoms. The number of carbonyl (C=O) groups is 1. The van der Waals surface area contributed by atoms with E-state index in [-0.39, 0.29) is 5.91 Å². The molecule has 1 aromatic carbocycles. The van der Waals surface area contributed by atoms with Crippen molar-refractivity contribution < 1.29 is 9.21 Å². The summed E-state index contributed by atoms with van der Waals surface area (Å²) in [5, 5.41) is 11.5. The number of rotatable bonds is 4. The average molecular weight is 359 g/mol. The number of aryl methyl sites for hydroxylation is 1. The second-order valence-electron chi connectivity index (χ2n) is 6.05. The number of furan rings is 1. The molecule has 0 aliphatic heterocycles. The minimum atomic E-state index is -0.137. The van der Waals surface area contributed by atoms with Crippen molar-refractivity contribution in [1.29, 1.82) is 0 Å². The van der Waals surface area contributed by atoms with Gasteiger partial charge in [0, 0.05) is 18.3 Å². The lowest BCUT2D eigenvalue weighted by atomic mass is 10.3. The molecule has 0 unspecified atom stereocenters. The molecule has 0 bridgehead atoms. The molecular formula is C20H17N5O2. The van der Waals surface area contributed by atoms with Gasteiger partial charge in [0.25, 0.3) is 0 Å². The first-order chi connectivity index (χ1) is 13.1. The van der Waals surface area contributed by atoms with Gasteiger partial charge in [0.15, 0.2) is 17.3 Å². The predicted octanol–water partition coefficient (Wildman–Crippen LogP) is 5.28. The molecule has 0 atom stereocenters. The van der Waals surface area contributed by atoms with Crippen molar-refractivity contribution in [2.24, 2.45) is 10.2 Å². The van der Waals surface area contributed by atoms with Crippen molar-refractivity contribution in [3.63, 3.8) is 0 Å². The molecule has 3 heterocycles. The zero-order valence-corrected chi connectivity index (χ0v) is 14.9. The molecule has 3 aromatic heterocycles. The number of imidazole rings is 1. The quantitative estimate of drug-likeness (QED) is 0.503. The molecule has 0 radical (unpaired) electrons. The summed E-state index contributed by atoms with van der Waals surface area (Å²) in [4.78, 5) is 15.9. The van der Waals surface area contributed by atoms with Crippen molar-refractivity contribution in [1.82, 2.24) is 9.38 Å². The summed E-state index contributed by atoms with van der Waals surface area (Å²) in [5.41, 5.74) is 3.66. The van der Waals surface area contributed by atoms with Crippen molar-refractivity contribution in [3.8, 4) is 11.5 Å². The summed E-state index contributed by atoms with van der Waals surface area (Å²) in [6, 6.07) is 16.7. The van der Waals surface area contributed by atoms with Crippen LogP contribution >= 0.6 is 0 Å². The number of azo groups is 1. The Morgan fingerprint density at radius 2 is 1.96 bits per heavy atom. The normalized spacial score (nSPS) is 11.3. The Balaban J connectivity index is 1.80. The van der Waals surface area contributed by atoms with Crippen LogP contribution in [-0.2, 0) is 4.79 Å². The number of benzene rings is 1. The number of hydrogen-bond acceptors (Lipinski definition) is 5. The lowest BCUT2D eigenvalue weighted by molar-refractivity contribution is -0.114. The van der Waals surface area contributed by atoms with Gasteiger partial charge in [0.2, 0.25) is 5.91 Å². The van der Waals surface area contributed by atoms with Gasteiger partial charge in [0.05, 0.1) is 12.0 Å². The molecule has 1 amide bonds. The lowest BCUT2D eigenvalue weighted by Crippen LogP contribution is -2.04. The number of anilines is 1. The summed E-state index contributed by atoms with van der Waals surface area (Å²) < 4.78 is 7.45. The van der Waals surface area contributed by atoms with Gasteiger partial charge in [-0.05, 0) is 49.4 Å². The third-order valence-electron chi connectivity index (χ3n) is 4.00. The molecule has 7 heteroatoms. The molecular weight excluding hydrogens is 342 g/mol. The number of carbonyl (C=O) groups excluding carboxylic acids is 1. The minimum Gasteiger partial charge on any atom is -0.463 e. The maximum atomic E-state index is 11.2. The van der Waals surface area contributed by atoms with E-state index in [1.165, 1.54) is 6.92 Å². The zero-order valence-electron chi connectivity index (χ0n) is 14.9.